The number of likely N-dealkylation sites (tertiary alicyclic amines) is 2. The summed E-state index contributed by atoms with van der Waals surface area (Å²) in [5, 5.41) is 7.12. The van der Waals surface area contributed by atoms with Crippen LogP contribution < -0.4 is 0 Å². The molecule has 2 aromatic rings. The van der Waals surface area contributed by atoms with Crippen LogP contribution in [0.3, 0.4) is 0 Å². The van der Waals surface area contributed by atoms with Gasteiger partial charge in [0.25, 0.3) is 5.91 Å². The summed E-state index contributed by atoms with van der Waals surface area (Å²) in [5.74, 6) is -2.95. The average Bonchev–Trinajstić information content (AvgIpc) is 3.19. The number of aromatic nitrogens is 2. The maximum Gasteiger partial charge on any atom is 0.490 e. The number of carboxylic acid groups (broad SMARTS) is 1. The molecule has 0 unspecified atom stereocenters. The minimum absolute atomic E-state index is 0.0165. The molecule has 1 amide bonds. The second-order valence-corrected chi connectivity index (χ2v) is 8.28. The third kappa shape index (κ3) is 6.70. The lowest BCUT2D eigenvalue weighted by atomic mass is 9.77. The Hall–Kier alpha value is -3.08. The number of rotatable bonds is 3. The summed E-state index contributed by atoms with van der Waals surface area (Å²) in [5.41, 5.74) is 1.66. The number of carbonyl (C=O) groups is 2. The first-order chi connectivity index (χ1) is 15.6. The third-order valence-electron chi connectivity index (χ3n) is 5.96. The Morgan fingerprint density at radius 1 is 1.09 bits per heavy atom. The number of aliphatic carboxylic acids is 1. The molecule has 33 heavy (non-hydrogen) atoms. The lowest BCUT2D eigenvalue weighted by Crippen LogP contribution is -2.42. The van der Waals surface area contributed by atoms with Crippen LogP contribution in [0.2, 0.25) is 0 Å². The van der Waals surface area contributed by atoms with E-state index in [0.29, 0.717) is 5.69 Å². The minimum atomic E-state index is -5.08. The molecule has 0 aliphatic carbocycles. The molecule has 1 aromatic heterocycles. The van der Waals surface area contributed by atoms with Crippen LogP contribution in [0.4, 0.5) is 17.6 Å². The molecule has 1 aromatic carbocycles. The molecule has 0 atom stereocenters. The number of nitrogens with zero attached hydrogens (tertiary/aromatic N) is 4. The minimum Gasteiger partial charge on any atom is -0.475 e. The first kappa shape index (κ1) is 24.6. The fourth-order valence-corrected chi connectivity index (χ4v) is 4.17. The molecular formula is C22H24F4N4O3. The summed E-state index contributed by atoms with van der Waals surface area (Å²) in [4.78, 5) is 33.9. The van der Waals surface area contributed by atoms with Gasteiger partial charge < -0.3 is 10.0 Å². The number of hydrogen-bond acceptors (Lipinski definition) is 5. The number of halogens is 4. The van der Waals surface area contributed by atoms with Crippen LogP contribution in [0.1, 0.15) is 35.3 Å². The lowest BCUT2D eigenvalue weighted by Gasteiger charge is -2.39. The molecule has 1 N–H and O–H groups in total. The quantitative estimate of drug-likeness (QED) is 0.696. The second-order valence-electron chi connectivity index (χ2n) is 8.28. The smallest absolute Gasteiger partial charge is 0.475 e. The van der Waals surface area contributed by atoms with E-state index in [1.807, 2.05) is 11.0 Å². The Labute approximate surface area is 188 Å². The molecule has 0 bridgehead atoms. The number of carboxylic acids is 1. The number of amides is 1. The number of piperidine rings is 1. The van der Waals surface area contributed by atoms with Crippen molar-refractivity contribution < 1.29 is 32.3 Å². The fourth-order valence-electron chi connectivity index (χ4n) is 4.17. The zero-order valence-corrected chi connectivity index (χ0v) is 17.8. The highest BCUT2D eigenvalue weighted by atomic mass is 19.4. The summed E-state index contributed by atoms with van der Waals surface area (Å²) >= 11 is 0. The van der Waals surface area contributed by atoms with E-state index in [1.54, 1.807) is 24.5 Å². The van der Waals surface area contributed by atoms with Gasteiger partial charge in [0.05, 0.1) is 6.20 Å². The fraction of sp³-hybridized carbons (Fsp3) is 0.455. The van der Waals surface area contributed by atoms with Gasteiger partial charge in [-0.2, -0.15) is 13.2 Å². The van der Waals surface area contributed by atoms with Crippen LogP contribution in [0.5, 0.6) is 0 Å². The van der Waals surface area contributed by atoms with E-state index in [2.05, 4.69) is 14.9 Å². The second kappa shape index (κ2) is 10.2. The highest BCUT2D eigenvalue weighted by molar-refractivity contribution is 5.92. The summed E-state index contributed by atoms with van der Waals surface area (Å²) in [7, 11) is 0. The molecule has 2 aliphatic heterocycles. The summed E-state index contributed by atoms with van der Waals surface area (Å²) in [6.45, 7) is 4.36. The van der Waals surface area contributed by atoms with Gasteiger partial charge >= 0.3 is 12.1 Å². The normalized spacial score (nSPS) is 18.0. The molecule has 178 valence electrons. The average molecular weight is 468 g/mol. The highest BCUT2D eigenvalue weighted by Crippen LogP contribution is 2.41. The first-order valence-electron chi connectivity index (χ1n) is 10.4. The van der Waals surface area contributed by atoms with Crippen LogP contribution >= 0.6 is 0 Å². The van der Waals surface area contributed by atoms with E-state index >= 15 is 0 Å². The number of hydrogen-bond donors (Lipinski definition) is 1. The molecule has 4 rings (SSSR count). The molecular weight excluding hydrogens is 444 g/mol. The van der Waals surface area contributed by atoms with Crippen molar-refractivity contribution in [3.8, 4) is 0 Å². The van der Waals surface area contributed by atoms with Gasteiger partial charge in [-0.1, -0.05) is 12.1 Å². The van der Waals surface area contributed by atoms with Crippen molar-refractivity contribution in [1.82, 2.24) is 19.8 Å². The molecule has 3 heterocycles. The van der Waals surface area contributed by atoms with E-state index in [9.17, 15) is 22.4 Å². The molecule has 2 aliphatic rings. The Balaban J connectivity index is 0.000000383. The van der Waals surface area contributed by atoms with Crippen molar-refractivity contribution in [2.75, 3.05) is 26.2 Å². The van der Waals surface area contributed by atoms with Gasteiger partial charge in [0.15, 0.2) is 0 Å². The third-order valence-corrected chi connectivity index (χ3v) is 5.96. The van der Waals surface area contributed by atoms with Crippen LogP contribution in [-0.2, 0) is 11.3 Å². The SMILES string of the molecule is O=C(O)C(F)(F)F.O=C(c1cnccn1)N1CCC2(CCN(Cc3cccc(F)c3)CC2)C1. The van der Waals surface area contributed by atoms with Crippen LogP contribution in [0.25, 0.3) is 0 Å². The predicted molar refractivity (Wildman–Crippen MR) is 110 cm³/mol. The highest BCUT2D eigenvalue weighted by Gasteiger charge is 2.42. The Morgan fingerprint density at radius 2 is 1.76 bits per heavy atom. The summed E-state index contributed by atoms with van der Waals surface area (Å²) < 4.78 is 45.1. The first-order valence-corrected chi connectivity index (χ1v) is 10.4. The van der Waals surface area contributed by atoms with Crippen molar-refractivity contribution >= 4 is 11.9 Å². The molecule has 2 fully saturated rings. The Morgan fingerprint density at radius 3 is 2.33 bits per heavy atom. The van der Waals surface area contributed by atoms with Gasteiger partial charge in [0.1, 0.15) is 11.5 Å². The van der Waals surface area contributed by atoms with E-state index in [0.717, 1.165) is 57.5 Å². The van der Waals surface area contributed by atoms with Crippen LogP contribution in [0.15, 0.2) is 42.9 Å². The van der Waals surface area contributed by atoms with Crippen molar-refractivity contribution in [2.45, 2.75) is 32.0 Å². The topological polar surface area (TPSA) is 86.6 Å². The van der Waals surface area contributed by atoms with Gasteiger partial charge in [0, 0.05) is 32.0 Å². The summed E-state index contributed by atoms with van der Waals surface area (Å²) in [6, 6.07) is 6.84. The molecule has 7 nitrogen and oxygen atoms in total. The van der Waals surface area contributed by atoms with E-state index in [4.69, 9.17) is 9.90 Å². The van der Waals surface area contributed by atoms with Crippen molar-refractivity contribution in [3.63, 3.8) is 0 Å². The van der Waals surface area contributed by atoms with Gasteiger partial charge in [-0.25, -0.2) is 14.2 Å². The number of benzene rings is 1. The van der Waals surface area contributed by atoms with E-state index in [1.165, 1.54) is 12.3 Å². The maximum absolute atomic E-state index is 13.4. The predicted octanol–water partition coefficient (Wildman–Crippen LogP) is 3.38. The molecule has 2 saturated heterocycles. The standard InChI is InChI=1S/C20H23FN4O.C2HF3O2/c21-17-3-1-2-16(12-17)14-24-9-4-20(5-10-24)6-11-25(15-20)19(26)18-13-22-7-8-23-18;3-2(4,5)1(6)7/h1-3,7-8,12-13H,4-6,9-11,14-15H2;(H,6,7). The Bertz CT molecular complexity index is 964. The molecule has 0 saturated carbocycles. The Kier molecular flexibility index (Phi) is 7.62. The summed E-state index contributed by atoms with van der Waals surface area (Å²) in [6.07, 6.45) is 2.79. The maximum atomic E-state index is 13.4. The molecule has 0 radical (unpaired) electrons. The number of alkyl halides is 3. The van der Waals surface area contributed by atoms with Crippen LogP contribution in [0, 0.1) is 11.2 Å². The molecule has 1 spiro atoms. The van der Waals surface area contributed by atoms with Gasteiger partial charge in [0.2, 0.25) is 0 Å². The van der Waals surface area contributed by atoms with Crippen LogP contribution in [-0.4, -0.2) is 69.1 Å². The molecule has 11 heteroatoms. The van der Waals surface area contributed by atoms with Crippen molar-refractivity contribution in [3.05, 3.63) is 59.9 Å². The zero-order chi connectivity index (χ0) is 24.1. The van der Waals surface area contributed by atoms with Gasteiger partial charge in [-0.3, -0.25) is 14.7 Å². The van der Waals surface area contributed by atoms with Gasteiger partial charge in [-0.05, 0) is 55.5 Å². The van der Waals surface area contributed by atoms with Crippen molar-refractivity contribution in [1.29, 1.82) is 0 Å². The van der Waals surface area contributed by atoms with E-state index < -0.39 is 12.1 Å². The monoisotopic (exact) mass is 468 g/mol. The number of carbonyl (C=O) groups excluding carboxylic acids is 1. The zero-order valence-electron chi connectivity index (χ0n) is 17.8. The largest absolute Gasteiger partial charge is 0.490 e. The lowest BCUT2D eigenvalue weighted by molar-refractivity contribution is -0.192. The van der Waals surface area contributed by atoms with Gasteiger partial charge in [-0.15, -0.1) is 0 Å². The van der Waals surface area contributed by atoms with E-state index in [-0.39, 0.29) is 17.1 Å². The van der Waals surface area contributed by atoms with Crippen molar-refractivity contribution in [2.24, 2.45) is 5.41 Å².